The number of rotatable bonds is 2. The number of hydrogen-bond acceptors (Lipinski definition) is 2. The molecule has 0 unspecified atom stereocenters. The van der Waals surface area contributed by atoms with Crippen molar-refractivity contribution in [2.75, 3.05) is 6.54 Å². The van der Waals surface area contributed by atoms with Crippen molar-refractivity contribution < 1.29 is 4.39 Å². The van der Waals surface area contributed by atoms with Crippen LogP contribution in [0.1, 0.15) is 11.7 Å². The maximum atomic E-state index is 12.7. The average molecular weight is 140 g/mol. The molecule has 0 saturated carbocycles. The number of halogens is 1. The van der Waals surface area contributed by atoms with Gasteiger partial charge in [-0.3, -0.25) is 4.98 Å². The van der Waals surface area contributed by atoms with E-state index in [4.69, 9.17) is 5.73 Å². The molecule has 1 rings (SSSR count). The molecule has 0 spiro atoms. The molecule has 0 saturated heterocycles. The Morgan fingerprint density at radius 1 is 1.70 bits per heavy atom. The fourth-order valence-electron chi connectivity index (χ4n) is 0.697. The van der Waals surface area contributed by atoms with Gasteiger partial charge in [0.15, 0.2) is 0 Å². The van der Waals surface area contributed by atoms with Crippen LogP contribution in [0.5, 0.6) is 0 Å². The molecule has 3 heteroatoms. The summed E-state index contributed by atoms with van der Waals surface area (Å²) in [6.45, 7) is 0.0195. The van der Waals surface area contributed by atoms with Gasteiger partial charge in [0.25, 0.3) is 0 Å². The van der Waals surface area contributed by atoms with E-state index >= 15 is 0 Å². The summed E-state index contributed by atoms with van der Waals surface area (Å²) < 4.78 is 12.7. The maximum absolute atomic E-state index is 12.7. The zero-order valence-electron chi connectivity index (χ0n) is 5.50. The Labute approximate surface area is 58.9 Å². The van der Waals surface area contributed by atoms with Crippen molar-refractivity contribution in [2.45, 2.75) is 6.17 Å². The fraction of sp³-hybridized carbons (Fsp3) is 0.286. The molecular formula is C7H9FN2. The highest BCUT2D eigenvalue weighted by Crippen LogP contribution is 2.12. The van der Waals surface area contributed by atoms with Crippen molar-refractivity contribution in [2.24, 2.45) is 5.73 Å². The van der Waals surface area contributed by atoms with E-state index in [0.717, 1.165) is 0 Å². The zero-order valence-corrected chi connectivity index (χ0v) is 5.50. The largest absolute Gasteiger partial charge is 0.327 e. The van der Waals surface area contributed by atoms with Gasteiger partial charge in [0.2, 0.25) is 0 Å². The fourth-order valence-corrected chi connectivity index (χ4v) is 0.697. The van der Waals surface area contributed by atoms with Crippen molar-refractivity contribution in [3.8, 4) is 0 Å². The summed E-state index contributed by atoms with van der Waals surface area (Å²) in [6, 6.07) is 3.36. The average Bonchev–Trinajstić information content (AvgIpc) is 2.05. The summed E-state index contributed by atoms with van der Waals surface area (Å²) in [6.07, 6.45) is 2.01. The number of nitrogens with two attached hydrogens (primary N) is 1. The SMILES string of the molecule is NC[C@@H](F)c1cccnc1. The molecule has 2 nitrogen and oxygen atoms in total. The lowest BCUT2D eigenvalue weighted by Crippen LogP contribution is -2.07. The Kier molecular flexibility index (Phi) is 2.34. The predicted molar refractivity (Wildman–Crippen MR) is 37.1 cm³/mol. The summed E-state index contributed by atoms with van der Waals surface area (Å²) >= 11 is 0. The molecule has 10 heavy (non-hydrogen) atoms. The minimum absolute atomic E-state index is 0.0195. The highest BCUT2D eigenvalue weighted by molar-refractivity contribution is 5.11. The second-order valence-electron chi connectivity index (χ2n) is 1.99. The van der Waals surface area contributed by atoms with Gasteiger partial charge in [0.1, 0.15) is 6.17 Å². The Balaban J connectivity index is 2.75. The molecule has 0 aliphatic carbocycles. The van der Waals surface area contributed by atoms with Gasteiger partial charge >= 0.3 is 0 Å². The van der Waals surface area contributed by atoms with E-state index < -0.39 is 6.17 Å². The van der Waals surface area contributed by atoms with E-state index in [1.54, 1.807) is 18.3 Å². The van der Waals surface area contributed by atoms with Crippen molar-refractivity contribution >= 4 is 0 Å². The van der Waals surface area contributed by atoms with Crippen LogP contribution in [0.2, 0.25) is 0 Å². The highest BCUT2D eigenvalue weighted by atomic mass is 19.1. The lowest BCUT2D eigenvalue weighted by molar-refractivity contribution is 0.352. The summed E-state index contributed by atoms with van der Waals surface area (Å²) in [7, 11) is 0. The second-order valence-corrected chi connectivity index (χ2v) is 1.99. The molecule has 0 aliphatic rings. The first kappa shape index (κ1) is 7.15. The summed E-state index contributed by atoms with van der Waals surface area (Å²) in [5.41, 5.74) is 5.65. The first-order valence-electron chi connectivity index (χ1n) is 3.08. The highest BCUT2D eigenvalue weighted by Gasteiger charge is 2.04. The molecule has 1 atom stereocenters. The quantitative estimate of drug-likeness (QED) is 0.666. The molecule has 1 heterocycles. The van der Waals surface area contributed by atoms with Crippen LogP contribution in [0, 0.1) is 0 Å². The number of alkyl halides is 1. The first-order chi connectivity index (χ1) is 4.84. The molecule has 0 bridgehead atoms. The third-order valence-corrected chi connectivity index (χ3v) is 1.25. The van der Waals surface area contributed by atoms with Crippen LogP contribution < -0.4 is 5.73 Å². The van der Waals surface area contributed by atoms with E-state index in [2.05, 4.69) is 4.98 Å². The number of hydrogen-bond donors (Lipinski definition) is 1. The van der Waals surface area contributed by atoms with Crippen LogP contribution in [0.4, 0.5) is 4.39 Å². The monoisotopic (exact) mass is 140 g/mol. The number of aromatic nitrogens is 1. The van der Waals surface area contributed by atoms with Crippen LogP contribution in [0.3, 0.4) is 0 Å². The van der Waals surface area contributed by atoms with E-state index in [-0.39, 0.29) is 6.54 Å². The van der Waals surface area contributed by atoms with E-state index in [1.165, 1.54) is 6.20 Å². The normalized spacial score (nSPS) is 13.0. The van der Waals surface area contributed by atoms with Gasteiger partial charge in [-0.2, -0.15) is 0 Å². The molecule has 1 aromatic heterocycles. The van der Waals surface area contributed by atoms with Gasteiger partial charge in [-0.15, -0.1) is 0 Å². The first-order valence-corrected chi connectivity index (χ1v) is 3.08. The standard InChI is InChI=1S/C7H9FN2/c8-7(4-9)6-2-1-3-10-5-6/h1-3,5,7H,4,9H2/t7-/m1/s1. The van der Waals surface area contributed by atoms with Gasteiger partial charge in [-0.1, -0.05) is 6.07 Å². The maximum Gasteiger partial charge on any atom is 0.139 e. The van der Waals surface area contributed by atoms with Crippen molar-refractivity contribution in [3.63, 3.8) is 0 Å². The molecule has 2 N–H and O–H groups in total. The van der Waals surface area contributed by atoms with E-state index in [9.17, 15) is 4.39 Å². The van der Waals surface area contributed by atoms with Crippen LogP contribution in [0.25, 0.3) is 0 Å². The van der Waals surface area contributed by atoms with Gasteiger partial charge in [-0.25, -0.2) is 4.39 Å². The molecule has 0 amide bonds. The van der Waals surface area contributed by atoms with E-state index in [0.29, 0.717) is 5.56 Å². The molecule has 0 fully saturated rings. The third kappa shape index (κ3) is 1.51. The van der Waals surface area contributed by atoms with Crippen molar-refractivity contribution in [1.29, 1.82) is 0 Å². The van der Waals surface area contributed by atoms with Crippen LogP contribution in [-0.2, 0) is 0 Å². The molecule has 1 aromatic rings. The van der Waals surface area contributed by atoms with Gasteiger partial charge < -0.3 is 5.73 Å². The summed E-state index contributed by atoms with van der Waals surface area (Å²) in [5.74, 6) is 0. The number of nitrogens with zero attached hydrogens (tertiary/aromatic N) is 1. The lowest BCUT2D eigenvalue weighted by atomic mass is 10.2. The smallest absolute Gasteiger partial charge is 0.139 e. The molecule has 0 radical (unpaired) electrons. The molecule has 54 valence electrons. The van der Waals surface area contributed by atoms with Gasteiger partial charge in [-0.05, 0) is 6.07 Å². The zero-order chi connectivity index (χ0) is 7.40. The summed E-state index contributed by atoms with van der Waals surface area (Å²) in [5, 5.41) is 0. The van der Waals surface area contributed by atoms with E-state index in [1.807, 2.05) is 0 Å². The second kappa shape index (κ2) is 3.27. The minimum Gasteiger partial charge on any atom is -0.327 e. The Morgan fingerprint density at radius 3 is 3.00 bits per heavy atom. The van der Waals surface area contributed by atoms with Crippen LogP contribution in [0.15, 0.2) is 24.5 Å². The Hall–Kier alpha value is -0.960. The molecule has 0 aromatic carbocycles. The van der Waals surface area contributed by atoms with Crippen LogP contribution in [-0.4, -0.2) is 11.5 Å². The minimum atomic E-state index is -1.08. The molecule has 0 aliphatic heterocycles. The third-order valence-electron chi connectivity index (χ3n) is 1.25. The van der Waals surface area contributed by atoms with Gasteiger partial charge in [0, 0.05) is 24.5 Å². The van der Waals surface area contributed by atoms with Crippen molar-refractivity contribution in [1.82, 2.24) is 4.98 Å². The lowest BCUT2D eigenvalue weighted by Gasteiger charge is -2.02. The van der Waals surface area contributed by atoms with Crippen molar-refractivity contribution in [3.05, 3.63) is 30.1 Å². The van der Waals surface area contributed by atoms with Crippen LogP contribution >= 0.6 is 0 Å². The Bertz CT molecular complexity index is 188. The predicted octanol–water partition coefficient (Wildman–Crippen LogP) is 1.05. The Morgan fingerprint density at radius 2 is 2.50 bits per heavy atom. The number of pyridine rings is 1. The van der Waals surface area contributed by atoms with Gasteiger partial charge in [0.05, 0.1) is 0 Å². The summed E-state index contributed by atoms with van der Waals surface area (Å²) in [4.78, 5) is 3.76. The topological polar surface area (TPSA) is 38.9 Å². The molecular weight excluding hydrogens is 131 g/mol.